The summed E-state index contributed by atoms with van der Waals surface area (Å²) in [5.41, 5.74) is 1.52. The number of nitrogens with zero attached hydrogens (tertiary/aromatic N) is 2. The molecule has 3 heteroatoms. The van der Waals surface area contributed by atoms with Gasteiger partial charge in [0.2, 0.25) is 5.95 Å². The third-order valence-electron chi connectivity index (χ3n) is 2.29. The first kappa shape index (κ1) is 12.9. The molecule has 0 aromatic carbocycles. The molecule has 0 radical (unpaired) electrons. The Morgan fingerprint density at radius 1 is 1.00 bits per heavy atom. The van der Waals surface area contributed by atoms with Crippen LogP contribution in [-0.2, 0) is 5.41 Å². The van der Waals surface area contributed by atoms with Crippen molar-refractivity contribution in [1.29, 1.82) is 0 Å². The molecule has 1 rings (SSSR count). The number of nitrogens with one attached hydrogen (secondary N) is 1. The molecule has 0 spiro atoms. The number of hydrogen-bond donors (Lipinski definition) is 1. The van der Waals surface area contributed by atoms with Crippen molar-refractivity contribution in [3.8, 4) is 0 Å². The Morgan fingerprint density at radius 2 is 1.50 bits per heavy atom. The summed E-state index contributed by atoms with van der Waals surface area (Å²) in [6.07, 6.45) is 3.80. The van der Waals surface area contributed by atoms with Crippen molar-refractivity contribution in [1.82, 2.24) is 9.97 Å². The van der Waals surface area contributed by atoms with Crippen LogP contribution in [0.15, 0.2) is 12.4 Å². The summed E-state index contributed by atoms with van der Waals surface area (Å²) in [4.78, 5) is 8.65. The maximum absolute atomic E-state index is 4.33. The second kappa shape index (κ2) is 4.40. The molecular formula is C13H23N3. The zero-order valence-corrected chi connectivity index (χ0v) is 11.3. The maximum Gasteiger partial charge on any atom is 0.222 e. The highest BCUT2D eigenvalue weighted by molar-refractivity contribution is 5.27. The van der Waals surface area contributed by atoms with Crippen LogP contribution in [0.4, 0.5) is 5.95 Å². The second-order valence-corrected chi connectivity index (χ2v) is 6.46. The first-order valence-electron chi connectivity index (χ1n) is 5.75. The lowest BCUT2D eigenvalue weighted by Crippen LogP contribution is -2.20. The summed E-state index contributed by atoms with van der Waals surface area (Å²) < 4.78 is 0. The van der Waals surface area contributed by atoms with Gasteiger partial charge in [-0.05, 0) is 16.4 Å². The van der Waals surface area contributed by atoms with E-state index in [1.807, 2.05) is 12.4 Å². The molecule has 1 N–H and O–H groups in total. The highest BCUT2D eigenvalue weighted by Gasteiger charge is 2.15. The molecule has 0 aliphatic carbocycles. The molecule has 0 aliphatic heterocycles. The van der Waals surface area contributed by atoms with Crippen LogP contribution in [0.5, 0.6) is 0 Å². The SMILES string of the molecule is CC(C)(C)CNc1ncc(C(C)(C)C)cn1. The first-order valence-corrected chi connectivity index (χ1v) is 5.75. The lowest BCUT2D eigenvalue weighted by Gasteiger charge is -2.20. The fourth-order valence-electron chi connectivity index (χ4n) is 1.15. The Morgan fingerprint density at radius 3 is 1.88 bits per heavy atom. The van der Waals surface area contributed by atoms with Gasteiger partial charge in [0.1, 0.15) is 0 Å². The van der Waals surface area contributed by atoms with Crippen LogP contribution in [0.2, 0.25) is 0 Å². The average molecular weight is 221 g/mol. The summed E-state index contributed by atoms with van der Waals surface area (Å²) in [6, 6.07) is 0. The molecule has 0 fully saturated rings. The van der Waals surface area contributed by atoms with E-state index in [0.29, 0.717) is 5.95 Å². The molecule has 90 valence electrons. The molecule has 0 aliphatic rings. The van der Waals surface area contributed by atoms with Crippen LogP contribution in [0, 0.1) is 5.41 Å². The Hall–Kier alpha value is -1.12. The quantitative estimate of drug-likeness (QED) is 0.833. The van der Waals surface area contributed by atoms with Gasteiger partial charge in [0.15, 0.2) is 0 Å². The van der Waals surface area contributed by atoms with E-state index in [1.54, 1.807) is 0 Å². The maximum atomic E-state index is 4.33. The fourth-order valence-corrected chi connectivity index (χ4v) is 1.15. The molecule has 0 saturated carbocycles. The molecule has 16 heavy (non-hydrogen) atoms. The summed E-state index contributed by atoms with van der Waals surface area (Å²) in [5.74, 6) is 0.711. The van der Waals surface area contributed by atoms with Crippen molar-refractivity contribution in [2.45, 2.75) is 47.0 Å². The first-order chi connectivity index (χ1) is 7.18. The van der Waals surface area contributed by atoms with Crippen LogP contribution < -0.4 is 5.32 Å². The Bertz CT molecular complexity index is 328. The molecular weight excluding hydrogens is 198 g/mol. The predicted octanol–water partition coefficient (Wildman–Crippen LogP) is 3.23. The van der Waals surface area contributed by atoms with Crippen LogP contribution in [0.25, 0.3) is 0 Å². The van der Waals surface area contributed by atoms with E-state index in [1.165, 1.54) is 0 Å². The molecule has 1 aromatic rings. The van der Waals surface area contributed by atoms with Gasteiger partial charge < -0.3 is 5.32 Å². The van der Waals surface area contributed by atoms with Gasteiger partial charge in [0.05, 0.1) is 0 Å². The summed E-state index contributed by atoms with van der Waals surface area (Å²) in [6.45, 7) is 13.9. The van der Waals surface area contributed by atoms with Gasteiger partial charge in [-0.2, -0.15) is 0 Å². The van der Waals surface area contributed by atoms with E-state index in [0.717, 1.165) is 12.1 Å². The van der Waals surface area contributed by atoms with Gasteiger partial charge in [-0.25, -0.2) is 9.97 Å². The largest absolute Gasteiger partial charge is 0.354 e. The van der Waals surface area contributed by atoms with Gasteiger partial charge in [0.25, 0.3) is 0 Å². The smallest absolute Gasteiger partial charge is 0.222 e. The third-order valence-corrected chi connectivity index (χ3v) is 2.29. The Balaban J connectivity index is 2.66. The Labute approximate surface area is 98.7 Å². The molecule has 1 aromatic heterocycles. The van der Waals surface area contributed by atoms with Crippen LogP contribution >= 0.6 is 0 Å². The highest BCUT2D eigenvalue weighted by Crippen LogP contribution is 2.21. The van der Waals surface area contributed by atoms with Crippen molar-refractivity contribution >= 4 is 5.95 Å². The number of rotatable bonds is 2. The molecule has 0 amide bonds. The minimum atomic E-state index is 0.114. The summed E-state index contributed by atoms with van der Waals surface area (Å²) in [7, 11) is 0. The molecule has 0 atom stereocenters. The lowest BCUT2D eigenvalue weighted by molar-refractivity contribution is 0.441. The van der Waals surface area contributed by atoms with Crippen molar-refractivity contribution in [2.75, 3.05) is 11.9 Å². The minimum absolute atomic E-state index is 0.114. The van der Waals surface area contributed by atoms with Gasteiger partial charge in [-0.1, -0.05) is 41.5 Å². The van der Waals surface area contributed by atoms with E-state index in [9.17, 15) is 0 Å². The van der Waals surface area contributed by atoms with E-state index < -0.39 is 0 Å². The minimum Gasteiger partial charge on any atom is -0.354 e. The van der Waals surface area contributed by atoms with Crippen molar-refractivity contribution in [2.24, 2.45) is 5.41 Å². The monoisotopic (exact) mass is 221 g/mol. The lowest BCUT2D eigenvalue weighted by atomic mass is 9.89. The van der Waals surface area contributed by atoms with E-state index in [2.05, 4.69) is 56.8 Å². The normalized spacial score (nSPS) is 12.6. The standard InChI is InChI=1S/C13H23N3/c1-12(2,3)9-16-11-14-7-10(8-15-11)13(4,5)6/h7-8H,9H2,1-6H3,(H,14,15,16). The third kappa shape index (κ3) is 4.17. The summed E-state index contributed by atoms with van der Waals surface area (Å²) in [5, 5.41) is 3.24. The summed E-state index contributed by atoms with van der Waals surface area (Å²) >= 11 is 0. The number of hydrogen-bond acceptors (Lipinski definition) is 3. The molecule has 1 heterocycles. The highest BCUT2D eigenvalue weighted by atomic mass is 15.1. The van der Waals surface area contributed by atoms with Crippen LogP contribution in [-0.4, -0.2) is 16.5 Å². The van der Waals surface area contributed by atoms with E-state index >= 15 is 0 Å². The topological polar surface area (TPSA) is 37.8 Å². The van der Waals surface area contributed by atoms with Crippen LogP contribution in [0.1, 0.15) is 47.1 Å². The van der Waals surface area contributed by atoms with Crippen LogP contribution in [0.3, 0.4) is 0 Å². The molecule has 0 saturated heterocycles. The zero-order valence-electron chi connectivity index (χ0n) is 11.3. The predicted molar refractivity (Wildman–Crippen MR) is 68.7 cm³/mol. The van der Waals surface area contributed by atoms with E-state index in [-0.39, 0.29) is 10.8 Å². The van der Waals surface area contributed by atoms with Gasteiger partial charge in [0, 0.05) is 18.9 Å². The van der Waals surface area contributed by atoms with Gasteiger partial charge in [-0.3, -0.25) is 0 Å². The van der Waals surface area contributed by atoms with Crippen molar-refractivity contribution in [3.05, 3.63) is 18.0 Å². The van der Waals surface area contributed by atoms with Crippen molar-refractivity contribution < 1.29 is 0 Å². The molecule has 3 nitrogen and oxygen atoms in total. The average Bonchev–Trinajstić information content (AvgIpc) is 2.13. The van der Waals surface area contributed by atoms with Crippen molar-refractivity contribution in [3.63, 3.8) is 0 Å². The molecule has 0 unspecified atom stereocenters. The number of anilines is 1. The second-order valence-electron chi connectivity index (χ2n) is 6.46. The Kier molecular flexibility index (Phi) is 3.56. The molecule has 0 bridgehead atoms. The fraction of sp³-hybridized carbons (Fsp3) is 0.692. The van der Waals surface area contributed by atoms with E-state index in [4.69, 9.17) is 0 Å². The zero-order chi connectivity index (χ0) is 12.4. The van der Waals surface area contributed by atoms with Gasteiger partial charge >= 0.3 is 0 Å². The number of aromatic nitrogens is 2. The van der Waals surface area contributed by atoms with Gasteiger partial charge in [-0.15, -0.1) is 0 Å².